The predicted molar refractivity (Wildman–Crippen MR) is 117 cm³/mol. The van der Waals surface area contributed by atoms with Crippen molar-refractivity contribution >= 4 is 35.0 Å². The van der Waals surface area contributed by atoms with Gasteiger partial charge in [0.1, 0.15) is 0 Å². The van der Waals surface area contributed by atoms with E-state index < -0.39 is 11.0 Å². The maximum atomic E-state index is 12.4. The molecule has 0 spiro atoms. The van der Waals surface area contributed by atoms with Crippen LogP contribution in [0.2, 0.25) is 0 Å². The van der Waals surface area contributed by atoms with Crippen LogP contribution in [0.15, 0.2) is 46.2 Å². The van der Waals surface area contributed by atoms with Crippen LogP contribution >= 0.6 is 11.8 Å². The van der Waals surface area contributed by atoms with Crippen LogP contribution in [0.1, 0.15) is 41.8 Å². The molecule has 2 amide bonds. The second-order valence-electron chi connectivity index (χ2n) is 6.85. The van der Waals surface area contributed by atoms with Crippen molar-refractivity contribution in [2.24, 2.45) is 0 Å². The summed E-state index contributed by atoms with van der Waals surface area (Å²) in [4.78, 5) is 35.1. The summed E-state index contributed by atoms with van der Waals surface area (Å²) >= 11 is 1.18. The summed E-state index contributed by atoms with van der Waals surface area (Å²) in [6, 6.07) is 7.05. The molecule has 11 nitrogen and oxygen atoms in total. The first-order valence-corrected chi connectivity index (χ1v) is 10.7. The Balaban J connectivity index is 1.64. The van der Waals surface area contributed by atoms with E-state index in [-0.39, 0.29) is 29.0 Å². The molecule has 0 aliphatic carbocycles. The molecule has 0 saturated heterocycles. The standard InChI is InChI=1S/C20H22N6O5S/c1-4-25-18(13(3)21-19(28)16-6-5-9-31-16)23-24-20(25)32-11-17(27)22-15-10-14(26(29)30)8-7-12(15)2/h5-10,13H,4,11H2,1-3H3,(H,21,28)(H,22,27). The lowest BCUT2D eigenvalue weighted by Crippen LogP contribution is -2.28. The van der Waals surface area contributed by atoms with Crippen molar-refractivity contribution in [1.29, 1.82) is 0 Å². The van der Waals surface area contributed by atoms with Gasteiger partial charge in [0, 0.05) is 18.7 Å². The molecule has 0 fully saturated rings. The molecule has 1 unspecified atom stereocenters. The molecule has 1 atom stereocenters. The first kappa shape index (κ1) is 23.0. The highest BCUT2D eigenvalue weighted by molar-refractivity contribution is 7.99. The van der Waals surface area contributed by atoms with Crippen LogP contribution < -0.4 is 10.6 Å². The van der Waals surface area contributed by atoms with Gasteiger partial charge in [-0.15, -0.1) is 10.2 Å². The fourth-order valence-electron chi connectivity index (χ4n) is 2.94. The lowest BCUT2D eigenvalue weighted by Gasteiger charge is -2.14. The van der Waals surface area contributed by atoms with E-state index in [1.54, 1.807) is 32.0 Å². The van der Waals surface area contributed by atoms with Crippen molar-refractivity contribution in [2.45, 2.75) is 38.5 Å². The van der Waals surface area contributed by atoms with Gasteiger partial charge in [0.2, 0.25) is 5.91 Å². The number of nitrogens with zero attached hydrogens (tertiary/aromatic N) is 4. The summed E-state index contributed by atoms with van der Waals surface area (Å²) in [5, 5.41) is 25.3. The number of furan rings is 1. The molecule has 2 aromatic heterocycles. The molecule has 0 bridgehead atoms. The smallest absolute Gasteiger partial charge is 0.287 e. The molecule has 0 saturated carbocycles. The van der Waals surface area contributed by atoms with Gasteiger partial charge in [0.15, 0.2) is 16.7 Å². The van der Waals surface area contributed by atoms with E-state index in [9.17, 15) is 19.7 Å². The zero-order chi connectivity index (χ0) is 23.3. The van der Waals surface area contributed by atoms with Crippen LogP contribution in [0.25, 0.3) is 0 Å². The summed E-state index contributed by atoms with van der Waals surface area (Å²) in [7, 11) is 0. The number of carbonyl (C=O) groups is 2. The lowest BCUT2D eigenvalue weighted by molar-refractivity contribution is -0.384. The van der Waals surface area contributed by atoms with Crippen LogP contribution in [0, 0.1) is 17.0 Å². The van der Waals surface area contributed by atoms with Crippen molar-refractivity contribution in [2.75, 3.05) is 11.1 Å². The highest BCUT2D eigenvalue weighted by atomic mass is 32.2. The molecule has 0 aliphatic heterocycles. The van der Waals surface area contributed by atoms with Gasteiger partial charge in [0.25, 0.3) is 11.6 Å². The predicted octanol–water partition coefficient (Wildman–Crippen LogP) is 3.33. The van der Waals surface area contributed by atoms with E-state index in [4.69, 9.17) is 4.42 Å². The minimum Gasteiger partial charge on any atom is -0.459 e. The molecule has 3 rings (SSSR count). The number of hydrogen-bond donors (Lipinski definition) is 2. The van der Waals surface area contributed by atoms with E-state index >= 15 is 0 Å². The van der Waals surface area contributed by atoms with E-state index in [0.29, 0.717) is 28.8 Å². The highest BCUT2D eigenvalue weighted by Crippen LogP contribution is 2.24. The third-order valence-electron chi connectivity index (χ3n) is 4.58. The number of rotatable bonds is 9. The molecule has 3 aromatic rings. The number of non-ortho nitro benzene ring substituents is 1. The molecule has 0 radical (unpaired) electrons. The Bertz CT molecular complexity index is 1130. The minimum atomic E-state index is -0.513. The van der Waals surface area contributed by atoms with Crippen LogP contribution in [0.4, 0.5) is 11.4 Å². The average molecular weight is 459 g/mol. The second kappa shape index (κ2) is 10.1. The first-order chi connectivity index (χ1) is 15.3. The van der Waals surface area contributed by atoms with Crippen molar-refractivity contribution in [1.82, 2.24) is 20.1 Å². The number of anilines is 1. The lowest BCUT2D eigenvalue weighted by atomic mass is 10.2. The second-order valence-corrected chi connectivity index (χ2v) is 7.79. The molecule has 2 heterocycles. The Morgan fingerprint density at radius 3 is 2.75 bits per heavy atom. The largest absolute Gasteiger partial charge is 0.459 e. The molecule has 32 heavy (non-hydrogen) atoms. The van der Waals surface area contributed by atoms with Crippen LogP contribution in [0.3, 0.4) is 0 Å². The molecule has 1 aromatic carbocycles. The number of amides is 2. The van der Waals surface area contributed by atoms with Gasteiger partial charge in [-0.2, -0.15) is 0 Å². The first-order valence-electron chi connectivity index (χ1n) is 9.75. The van der Waals surface area contributed by atoms with Crippen LogP contribution in [0.5, 0.6) is 0 Å². The summed E-state index contributed by atoms with van der Waals surface area (Å²) < 4.78 is 6.90. The normalized spacial score (nSPS) is 11.7. The van der Waals surface area contributed by atoms with E-state index in [2.05, 4.69) is 20.8 Å². The topological polar surface area (TPSA) is 145 Å². The van der Waals surface area contributed by atoms with Crippen LogP contribution in [-0.2, 0) is 11.3 Å². The summed E-state index contributed by atoms with van der Waals surface area (Å²) in [6.07, 6.45) is 1.42. The number of nitro groups is 1. The van der Waals surface area contributed by atoms with E-state index in [0.717, 1.165) is 0 Å². The third-order valence-corrected chi connectivity index (χ3v) is 5.55. The van der Waals surface area contributed by atoms with Gasteiger partial charge in [-0.1, -0.05) is 17.8 Å². The SMILES string of the molecule is CCn1c(SCC(=O)Nc2cc([N+](=O)[O-])ccc2C)nnc1C(C)NC(=O)c1ccco1. The molecule has 168 valence electrons. The van der Waals surface area contributed by atoms with Gasteiger partial charge >= 0.3 is 0 Å². The van der Waals surface area contributed by atoms with Gasteiger partial charge in [-0.25, -0.2) is 0 Å². The molecular weight excluding hydrogens is 436 g/mol. The van der Waals surface area contributed by atoms with Gasteiger partial charge in [-0.05, 0) is 38.5 Å². The number of nitrogens with one attached hydrogen (secondary N) is 2. The fraction of sp³-hybridized carbons (Fsp3) is 0.300. The fourth-order valence-corrected chi connectivity index (χ4v) is 3.75. The summed E-state index contributed by atoms with van der Waals surface area (Å²) in [5.41, 5.74) is 1.00. The zero-order valence-corrected chi connectivity index (χ0v) is 18.5. The Hall–Kier alpha value is -3.67. The number of thioether (sulfide) groups is 1. The third kappa shape index (κ3) is 5.32. The van der Waals surface area contributed by atoms with Gasteiger partial charge < -0.3 is 19.6 Å². The molecular formula is C20H22N6O5S. The van der Waals surface area contributed by atoms with Crippen LogP contribution in [-0.4, -0.2) is 37.3 Å². The Morgan fingerprint density at radius 1 is 1.31 bits per heavy atom. The maximum absolute atomic E-state index is 12.4. The van der Waals surface area contributed by atoms with Crippen molar-refractivity contribution in [3.63, 3.8) is 0 Å². The summed E-state index contributed by atoms with van der Waals surface area (Å²) in [5.74, 6) is 0.0823. The Morgan fingerprint density at radius 2 is 2.09 bits per heavy atom. The maximum Gasteiger partial charge on any atom is 0.287 e. The average Bonchev–Trinajstić information content (AvgIpc) is 3.43. The van der Waals surface area contributed by atoms with Crippen molar-refractivity contribution < 1.29 is 18.9 Å². The highest BCUT2D eigenvalue weighted by Gasteiger charge is 2.21. The number of aromatic nitrogens is 3. The van der Waals surface area contributed by atoms with Gasteiger partial charge in [0.05, 0.1) is 28.7 Å². The summed E-state index contributed by atoms with van der Waals surface area (Å²) in [6.45, 7) is 5.98. The quantitative estimate of drug-likeness (QED) is 0.282. The van der Waals surface area contributed by atoms with E-state index in [1.807, 2.05) is 11.5 Å². The number of hydrogen-bond acceptors (Lipinski definition) is 8. The molecule has 12 heteroatoms. The monoisotopic (exact) mass is 458 g/mol. The number of benzene rings is 1. The van der Waals surface area contributed by atoms with E-state index in [1.165, 1.54) is 30.2 Å². The number of aryl methyl sites for hydroxylation is 1. The Kier molecular flexibility index (Phi) is 7.25. The Labute approximate surface area is 187 Å². The number of carbonyl (C=O) groups excluding carboxylic acids is 2. The van der Waals surface area contributed by atoms with Gasteiger partial charge in [-0.3, -0.25) is 19.7 Å². The molecule has 2 N–H and O–H groups in total. The van der Waals surface area contributed by atoms with Crippen molar-refractivity contribution in [3.8, 4) is 0 Å². The van der Waals surface area contributed by atoms with Crippen molar-refractivity contribution in [3.05, 3.63) is 63.9 Å². The minimum absolute atomic E-state index is 0.0351. The molecule has 0 aliphatic rings. The number of nitro benzene ring substituents is 1. The zero-order valence-electron chi connectivity index (χ0n) is 17.7.